The molecule has 0 aliphatic carbocycles. The molecule has 1 unspecified atom stereocenters. The van der Waals surface area contributed by atoms with Crippen LogP contribution in [0.4, 0.5) is 5.82 Å². The lowest BCUT2D eigenvalue weighted by Crippen LogP contribution is -2.15. The standard InChI is InChI=1S/C13H16N4O2/c1-9(18)8-19-13-11(7-12(15-14)16-17-13)10-5-3-2-4-6-10/h2-7,9,18H,8,14H2,1H3,(H,15,16). The van der Waals surface area contributed by atoms with E-state index in [0.29, 0.717) is 11.7 Å². The Morgan fingerprint density at radius 2 is 2.05 bits per heavy atom. The maximum absolute atomic E-state index is 9.27. The average molecular weight is 260 g/mol. The molecule has 6 heteroatoms. The fraction of sp³-hybridized carbons (Fsp3) is 0.231. The van der Waals surface area contributed by atoms with E-state index in [0.717, 1.165) is 11.1 Å². The highest BCUT2D eigenvalue weighted by atomic mass is 16.5. The number of anilines is 1. The monoisotopic (exact) mass is 260 g/mol. The molecular formula is C13H16N4O2. The predicted octanol–water partition coefficient (Wildman–Crippen LogP) is 1.19. The van der Waals surface area contributed by atoms with Gasteiger partial charge in [0.05, 0.1) is 6.10 Å². The van der Waals surface area contributed by atoms with E-state index in [1.54, 1.807) is 13.0 Å². The van der Waals surface area contributed by atoms with Gasteiger partial charge in [-0.25, -0.2) is 5.84 Å². The smallest absolute Gasteiger partial charge is 0.241 e. The van der Waals surface area contributed by atoms with Crippen LogP contribution in [0.3, 0.4) is 0 Å². The lowest BCUT2D eigenvalue weighted by molar-refractivity contribution is 0.119. The van der Waals surface area contributed by atoms with Crippen molar-refractivity contribution in [1.82, 2.24) is 10.2 Å². The van der Waals surface area contributed by atoms with Gasteiger partial charge in [0, 0.05) is 5.56 Å². The molecule has 0 bridgehead atoms. The molecule has 2 aromatic rings. The van der Waals surface area contributed by atoms with Gasteiger partial charge in [-0.2, -0.15) is 0 Å². The largest absolute Gasteiger partial charge is 0.473 e. The number of hydrazine groups is 1. The third kappa shape index (κ3) is 3.40. The Labute approximate surface area is 111 Å². The van der Waals surface area contributed by atoms with Crippen molar-refractivity contribution >= 4 is 5.82 Å². The average Bonchev–Trinajstić information content (AvgIpc) is 2.46. The number of aromatic nitrogens is 2. The maximum Gasteiger partial charge on any atom is 0.241 e. The number of ether oxygens (including phenoxy) is 1. The van der Waals surface area contributed by atoms with E-state index in [9.17, 15) is 5.11 Å². The van der Waals surface area contributed by atoms with Crippen LogP contribution in [0.2, 0.25) is 0 Å². The van der Waals surface area contributed by atoms with Gasteiger partial charge in [-0.3, -0.25) is 0 Å². The second-order valence-electron chi connectivity index (χ2n) is 4.12. The number of nitrogens with zero attached hydrogens (tertiary/aromatic N) is 2. The maximum atomic E-state index is 9.27. The van der Waals surface area contributed by atoms with Crippen LogP contribution in [0.25, 0.3) is 11.1 Å². The first-order valence-electron chi connectivity index (χ1n) is 5.91. The Morgan fingerprint density at radius 1 is 1.32 bits per heavy atom. The highest BCUT2D eigenvalue weighted by molar-refractivity contribution is 5.70. The lowest BCUT2D eigenvalue weighted by Gasteiger charge is -2.12. The van der Waals surface area contributed by atoms with Crippen molar-refractivity contribution in [1.29, 1.82) is 0 Å². The molecule has 0 radical (unpaired) electrons. The molecule has 2 rings (SSSR count). The van der Waals surface area contributed by atoms with Crippen LogP contribution in [0.5, 0.6) is 5.88 Å². The van der Waals surface area contributed by atoms with Crippen molar-refractivity contribution in [3.63, 3.8) is 0 Å². The fourth-order valence-electron chi connectivity index (χ4n) is 1.58. The number of aliphatic hydroxyl groups excluding tert-OH is 1. The number of benzene rings is 1. The summed E-state index contributed by atoms with van der Waals surface area (Å²) < 4.78 is 5.46. The highest BCUT2D eigenvalue weighted by Crippen LogP contribution is 2.29. The van der Waals surface area contributed by atoms with Crippen molar-refractivity contribution in [2.75, 3.05) is 12.0 Å². The number of rotatable bonds is 5. The zero-order valence-corrected chi connectivity index (χ0v) is 10.6. The zero-order valence-electron chi connectivity index (χ0n) is 10.6. The Bertz CT molecular complexity index is 531. The normalized spacial score (nSPS) is 11.9. The van der Waals surface area contributed by atoms with E-state index in [2.05, 4.69) is 15.6 Å². The first-order valence-corrected chi connectivity index (χ1v) is 5.91. The third-order valence-electron chi connectivity index (χ3n) is 2.45. The molecule has 0 aliphatic rings. The van der Waals surface area contributed by atoms with Crippen LogP contribution in [-0.2, 0) is 0 Å². The van der Waals surface area contributed by atoms with Crippen LogP contribution in [0.1, 0.15) is 6.92 Å². The molecule has 1 aromatic heterocycles. The number of nitrogens with one attached hydrogen (secondary N) is 1. The molecule has 0 fully saturated rings. The summed E-state index contributed by atoms with van der Waals surface area (Å²) in [5.41, 5.74) is 4.16. The second kappa shape index (κ2) is 6.12. The summed E-state index contributed by atoms with van der Waals surface area (Å²) in [6.45, 7) is 1.80. The van der Waals surface area contributed by atoms with Crippen molar-refractivity contribution in [2.24, 2.45) is 5.84 Å². The van der Waals surface area contributed by atoms with Crippen molar-refractivity contribution in [2.45, 2.75) is 13.0 Å². The molecule has 0 amide bonds. The molecule has 0 spiro atoms. The predicted molar refractivity (Wildman–Crippen MR) is 72.5 cm³/mol. The Morgan fingerprint density at radius 3 is 2.68 bits per heavy atom. The minimum absolute atomic E-state index is 0.157. The number of hydrogen-bond acceptors (Lipinski definition) is 6. The first-order chi connectivity index (χ1) is 9.20. The highest BCUT2D eigenvalue weighted by Gasteiger charge is 2.11. The van der Waals surface area contributed by atoms with E-state index in [4.69, 9.17) is 10.6 Å². The SMILES string of the molecule is CC(O)COc1nnc(NN)cc1-c1ccccc1. The van der Waals surface area contributed by atoms with Gasteiger partial charge in [0.25, 0.3) is 0 Å². The second-order valence-corrected chi connectivity index (χ2v) is 4.12. The summed E-state index contributed by atoms with van der Waals surface area (Å²) in [6.07, 6.45) is -0.572. The molecule has 19 heavy (non-hydrogen) atoms. The summed E-state index contributed by atoms with van der Waals surface area (Å²) in [4.78, 5) is 0. The van der Waals surface area contributed by atoms with E-state index < -0.39 is 6.10 Å². The van der Waals surface area contributed by atoms with Gasteiger partial charge in [0.1, 0.15) is 6.61 Å². The first kappa shape index (κ1) is 13.3. The number of nitrogens with two attached hydrogens (primary N) is 1. The molecule has 0 saturated carbocycles. The quantitative estimate of drug-likeness (QED) is 0.552. The van der Waals surface area contributed by atoms with Crippen LogP contribution >= 0.6 is 0 Å². The number of aliphatic hydroxyl groups is 1. The molecule has 1 aromatic carbocycles. The van der Waals surface area contributed by atoms with E-state index >= 15 is 0 Å². The van der Waals surface area contributed by atoms with Gasteiger partial charge in [-0.15, -0.1) is 10.2 Å². The topological polar surface area (TPSA) is 93.3 Å². The molecular weight excluding hydrogens is 244 g/mol. The molecule has 1 atom stereocenters. The zero-order chi connectivity index (χ0) is 13.7. The summed E-state index contributed by atoms with van der Waals surface area (Å²) in [5, 5.41) is 17.1. The molecule has 0 aliphatic heterocycles. The molecule has 100 valence electrons. The van der Waals surface area contributed by atoms with Crippen molar-refractivity contribution < 1.29 is 9.84 Å². The van der Waals surface area contributed by atoms with E-state index in [1.807, 2.05) is 30.3 Å². The van der Waals surface area contributed by atoms with Crippen molar-refractivity contribution in [3.05, 3.63) is 36.4 Å². The van der Waals surface area contributed by atoms with Gasteiger partial charge in [-0.1, -0.05) is 30.3 Å². The van der Waals surface area contributed by atoms with Gasteiger partial charge in [0.2, 0.25) is 5.88 Å². The van der Waals surface area contributed by atoms with Crippen molar-refractivity contribution in [3.8, 4) is 17.0 Å². The van der Waals surface area contributed by atoms with Gasteiger partial charge in [0.15, 0.2) is 5.82 Å². The summed E-state index contributed by atoms with van der Waals surface area (Å²) in [7, 11) is 0. The Kier molecular flexibility index (Phi) is 4.27. The van der Waals surface area contributed by atoms with Gasteiger partial charge in [-0.05, 0) is 18.6 Å². The molecule has 6 nitrogen and oxygen atoms in total. The Hall–Kier alpha value is -2.18. The van der Waals surface area contributed by atoms with E-state index in [1.165, 1.54) is 0 Å². The minimum atomic E-state index is -0.572. The summed E-state index contributed by atoms with van der Waals surface area (Å²) in [5.74, 6) is 6.15. The molecule has 0 saturated heterocycles. The summed E-state index contributed by atoms with van der Waals surface area (Å²) in [6, 6.07) is 11.4. The van der Waals surface area contributed by atoms with Crippen LogP contribution in [-0.4, -0.2) is 28.0 Å². The number of hydrogen-bond donors (Lipinski definition) is 3. The van der Waals surface area contributed by atoms with Crippen LogP contribution in [0, 0.1) is 0 Å². The minimum Gasteiger partial charge on any atom is -0.473 e. The Balaban J connectivity index is 2.37. The lowest BCUT2D eigenvalue weighted by atomic mass is 10.1. The van der Waals surface area contributed by atoms with Crippen LogP contribution in [0.15, 0.2) is 36.4 Å². The van der Waals surface area contributed by atoms with E-state index in [-0.39, 0.29) is 6.61 Å². The third-order valence-corrected chi connectivity index (χ3v) is 2.45. The van der Waals surface area contributed by atoms with Gasteiger partial charge >= 0.3 is 0 Å². The van der Waals surface area contributed by atoms with Gasteiger partial charge < -0.3 is 15.3 Å². The fourth-order valence-corrected chi connectivity index (χ4v) is 1.58. The van der Waals surface area contributed by atoms with Crippen LogP contribution < -0.4 is 16.0 Å². The molecule has 1 heterocycles. The summed E-state index contributed by atoms with van der Waals surface area (Å²) >= 11 is 0. The number of nitrogen functional groups attached to an aromatic ring is 1. The molecule has 4 N–H and O–H groups in total.